The van der Waals surface area contributed by atoms with Crippen molar-refractivity contribution < 1.29 is 0 Å². The van der Waals surface area contributed by atoms with E-state index in [0.29, 0.717) is 6.54 Å². The Morgan fingerprint density at radius 3 is 2.08 bits per heavy atom. The first-order valence-corrected chi connectivity index (χ1v) is 9.08. The van der Waals surface area contributed by atoms with E-state index in [1.54, 1.807) is 0 Å². The van der Waals surface area contributed by atoms with Gasteiger partial charge in [-0.05, 0) is 6.42 Å². The first-order chi connectivity index (χ1) is 11.6. The van der Waals surface area contributed by atoms with Gasteiger partial charge in [0.15, 0.2) is 6.29 Å². The van der Waals surface area contributed by atoms with Crippen molar-refractivity contribution in [2.75, 3.05) is 6.54 Å². The number of guanidine groups is 3. The lowest BCUT2D eigenvalue weighted by Crippen LogP contribution is -2.57. The van der Waals surface area contributed by atoms with Gasteiger partial charge in [0.05, 0.1) is 0 Å². The highest BCUT2D eigenvalue weighted by molar-refractivity contribution is 6.04. The lowest BCUT2D eigenvalue weighted by atomic mass is 10.1. The number of nitrogens with zero attached hydrogens (tertiary/aromatic N) is 4. The summed E-state index contributed by atoms with van der Waals surface area (Å²) in [6.45, 7) is 2.90. The Morgan fingerprint density at radius 1 is 1.00 bits per heavy atom. The van der Waals surface area contributed by atoms with Gasteiger partial charge in [-0.2, -0.15) is 4.99 Å². The predicted octanol–water partition coefficient (Wildman–Crippen LogP) is 1.41. The fourth-order valence-electron chi connectivity index (χ4n) is 2.65. The van der Waals surface area contributed by atoms with Crippen LogP contribution in [-0.4, -0.2) is 35.6 Å². The number of nitrogens with two attached hydrogens (primary N) is 4. The van der Waals surface area contributed by atoms with Crippen LogP contribution < -0.4 is 22.9 Å². The first-order valence-electron chi connectivity index (χ1n) is 9.08. The van der Waals surface area contributed by atoms with Crippen LogP contribution in [0.25, 0.3) is 0 Å². The molecular weight excluding hydrogens is 304 g/mol. The van der Waals surface area contributed by atoms with Crippen molar-refractivity contribution in [3.8, 4) is 0 Å². The topological polar surface area (TPSA) is 144 Å². The molecule has 0 aromatic heterocycles. The lowest BCUT2D eigenvalue weighted by molar-refractivity contribution is 0.444. The average Bonchev–Trinajstić information content (AvgIpc) is 2.51. The van der Waals surface area contributed by atoms with Gasteiger partial charge in [-0.3, -0.25) is 10.7 Å². The molecule has 1 heterocycles. The fourth-order valence-corrected chi connectivity index (χ4v) is 2.65. The van der Waals surface area contributed by atoms with Gasteiger partial charge < -0.3 is 17.2 Å². The van der Waals surface area contributed by atoms with Crippen molar-refractivity contribution in [1.29, 1.82) is 0 Å². The molecule has 8 N–H and O–H groups in total. The lowest BCUT2D eigenvalue weighted by Gasteiger charge is -2.28. The molecule has 0 bridgehead atoms. The molecule has 0 saturated heterocycles. The van der Waals surface area contributed by atoms with Gasteiger partial charge in [0.25, 0.3) is 0 Å². The second kappa shape index (κ2) is 11.7. The summed E-state index contributed by atoms with van der Waals surface area (Å²) < 4.78 is 0. The second-order valence-corrected chi connectivity index (χ2v) is 6.16. The molecule has 0 aromatic rings. The SMILES string of the molecule is CCCCCCCCCCCCN=C(N)N1C(N)=NC(N)=NC1N. The van der Waals surface area contributed by atoms with Crippen molar-refractivity contribution in [3.63, 3.8) is 0 Å². The summed E-state index contributed by atoms with van der Waals surface area (Å²) in [5.74, 6) is 0.411. The highest BCUT2D eigenvalue weighted by Crippen LogP contribution is 2.10. The van der Waals surface area contributed by atoms with Gasteiger partial charge in [0.1, 0.15) is 0 Å². The van der Waals surface area contributed by atoms with Gasteiger partial charge in [-0.1, -0.05) is 64.7 Å². The summed E-state index contributed by atoms with van der Waals surface area (Å²) in [4.78, 5) is 13.5. The zero-order valence-corrected chi connectivity index (χ0v) is 15.0. The minimum Gasteiger partial charge on any atom is -0.369 e. The van der Waals surface area contributed by atoms with Crippen LogP contribution in [0.15, 0.2) is 15.0 Å². The number of unbranched alkanes of at least 4 members (excludes halogenated alkanes) is 9. The monoisotopic (exact) mass is 338 g/mol. The molecule has 1 rings (SSSR count). The van der Waals surface area contributed by atoms with Crippen molar-refractivity contribution in [1.82, 2.24) is 4.90 Å². The minimum atomic E-state index is -0.765. The molecule has 0 aliphatic carbocycles. The quantitative estimate of drug-likeness (QED) is 0.256. The normalized spacial score (nSPS) is 18.5. The standard InChI is InChI=1S/C16H34N8/c1-2-3-4-5-6-7-8-9-10-11-12-21-14(18)24-15(19)22-13(17)23-16(24)20/h15H,2-12,19H2,1H3,(H2,18,21)(H4,17,20,22,23). The number of hydrogen-bond donors (Lipinski definition) is 4. The van der Waals surface area contributed by atoms with Crippen LogP contribution in [-0.2, 0) is 0 Å². The molecule has 1 unspecified atom stereocenters. The largest absolute Gasteiger partial charge is 0.369 e. The molecule has 138 valence electrons. The second-order valence-electron chi connectivity index (χ2n) is 6.16. The minimum absolute atomic E-state index is 0.0544. The zero-order chi connectivity index (χ0) is 17.8. The van der Waals surface area contributed by atoms with Gasteiger partial charge in [-0.15, -0.1) is 0 Å². The Bertz CT molecular complexity index is 443. The molecular formula is C16H34N8. The van der Waals surface area contributed by atoms with Crippen molar-refractivity contribution in [2.45, 2.75) is 77.4 Å². The van der Waals surface area contributed by atoms with Crippen LogP contribution in [0.5, 0.6) is 0 Å². The van der Waals surface area contributed by atoms with E-state index < -0.39 is 6.29 Å². The van der Waals surface area contributed by atoms with Crippen LogP contribution in [0, 0.1) is 0 Å². The molecule has 24 heavy (non-hydrogen) atoms. The number of aliphatic imine (C=N–C) groups is 3. The molecule has 0 fully saturated rings. The van der Waals surface area contributed by atoms with Gasteiger partial charge in [0.2, 0.25) is 17.9 Å². The summed E-state index contributed by atoms with van der Waals surface area (Å²) >= 11 is 0. The third kappa shape index (κ3) is 7.63. The number of rotatable bonds is 11. The van der Waals surface area contributed by atoms with Gasteiger partial charge in [-0.25, -0.2) is 9.89 Å². The predicted molar refractivity (Wildman–Crippen MR) is 101 cm³/mol. The maximum Gasteiger partial charge on any atom is 0.221 e. The smallest absolute Gasteiger partial charge is 0.221 e. The molecule has 1 aliphatic heterocycles. The fraction of sp³-hybridized carbons (Fsp3) is 0.812. The Hall–Kier alpha value is -1.83. The van der Waals surface area contributed by atoms with Crippen LogP contribution in [0.2, 0.25) is 0 Å². The third-order valence-corrected chi connectivity index (χ3v) is 4.04. The van der Waals surface area contributed by atoms with E-state index in [-0.39, 0.29) is 17.9 Å². The molecule has 8 heteroatoms. The summed E-state index contributed by atoms with van der Waals surface area (Å²) in [5.41, 5.74) is 23.0. The molecule has 8 nitrogen and oxygen atoms in total. The highest BCUT2D eigenvalue weighted by atomic mass is 15.5. The maximum atomic E-state index is 5.92. The van der Waals surface area contributed by atoms with E-state index in [9.17, 15) is 0 Å². The van der Waals surface area contributed by atoms with Gasteiger partial charge in [0, 0.05) is 6.54 Å². The Morgan fingerprint density at radius 2 is 1.54 bits per heavy atom. The highest BCUT2D eigenvalue weighted by Gasteiger charge is 2.23. The van der Waals surface area contributed by atoms with E-state index in [1.165, 1.54) is 56.3 Å². The Labute approximate surface area is 145 Å². The summed E-state index contributed by atoms with van der Waals surface area (Å²) in [6.07, 6.45) is 12.1. The molecule has 0 saturated carbocycles. The van der Waals surface area contributed by atoms with E-state index in [1.807, 2.05) is 0 Å². The van der Waals surface area contributed by atoms with E-state index in [0.717, 1.165) is 12.8 Å². The molecule has 0 spiro atoms. The summed E-state index contributed by atoms with van der Waals surface area (Å²) in [5, 5.41) is 0. The van der Waals surface area contributed by atoms with Crippen molar-refractivity contribution >= 4 is 17.9 Å². The molecule has 0 amide bonds. The van der Waals surface area contributed by atoms with E-state index in [2.05, 4.69) is 21.9 Å². The van der Waals surface area contributed by atoms with E-state index >= 15 is 0 Å². The Kier molecular flexibility index (Phi) is 9.83. The molecule has 0 radical (unpaired) electrons. The first kappa shape index (κ1) is 20.2. The Balaban J connectivity index is 2.11. The summed E-state index contributed by atoms with van der Waals surface area (Å²) in [6, 6.07) is 0. The third-order valence-electron chi connectivity index (χ3n) is 4.04. The summed E-state index contributed by atoms with van der Waals surface area (Å²) in [7, 11) is 0. The van der Waals surface area contributed by atoms with E-state index in [4.69, 9.17) is 22.9 Å². The average molecular weight is 339 g/mol. The van der Waals surface area contributed by atoms with Gasteiger partial charge >= 0.3 is 0 Å². The molecule has 1 aliphatic rings. The van der Waals surface area contributed by atoms with Crippen molar-refractivity contribution in [2.24, 2.45) is 37.9 Å². The molecule has 1 atom stereocenters. The van der Waals surface area contributed by atoms with Crippen molar-refractivity contribution in [3.05, 3.63) is 0 Å². The van der Waals surface area contributed by atoms with Crippen LogP contribution in [0.3, 0.4) is 0 Å². The number of hydrogen-bond acceptors (Lipinski definition) is 6. The van der Waals surface area contributed by atoms with Crippen LogP contribution >= 0.6 is 0 Å². The van der Waals surface area contributed by atoms with Crippen LogP contribution in [0.1, 0.15) is 71.1 Å². The molecule has 0 aromatic carbocycles. The van der Waals surface area contributed by atoms with Crippen LogP contribution in [0.4, 0.5) is 0 Å². The zero-order valence-electron chi connectivity index (χ0n) is 15.0. The maximum absolute atomic E-state index is 5.92.